The van der Waals surface area contributed by atoms with Crippen molar-refractivity contribution in [2.75, 3.05) is 10.2 Å². The van der Waals surface area contributed by atoms with Crippen molar-refractivity contribution < 1.29 is 14.4 Å². The maximum absolute atomic E-state index is 14.5. The summed E-state index contributed by atoms with van der Waals surface area (Å²) >= 11 is 0. The molecule has 3 aromatic carbocycles. The fourth-order valence-corrected chi connectivity index (χ4v) is 6.56. The predicted octanol–water partition coefficient (Wildman–Crippen LogP) is 4.94. The summed E-state index contributed by atoms with van der Waals surface area (Å²) in [4.78, 5) is 49.5. The van der Waals surface area contributed by atoms with Crippen LogP contribution >= 0.6 is 0 Å². The molecule has 4 heterocycles. The SMILES string of the molecule is O=C(c1ccccc1)[C@H]1[C@H](C(=O)c2ccccn2)[C@@]2(C(=O)Nc3ccccc32)[C@@H]2C=Cc3ccccc3N21. The second-order valence-corrected chi connectivity index (χ2v) is 9.87. The van der Waals surface area contributed by atoms with Gasteiger partial charge in [-0.1, -0.05) is 84.9 Å². The molecule has 3 aliphatic rings. The number of Topliss-reactive ketones (excluding diaryl/α,β-unsaturated/α-hetero) is 2. The van der Waals surface area contributed by atoms with E-state index in [-0.39, 0.29) is 23.2 Å². The first kappa shape index (κ1) is 22.4. The molecule has 4 atom stereocenters. The number of nitrogens with one attached hydrogen (secondary N) is 1. The molecule has 3 aliphatic heterocycles. The number of ketones is 2. The van der Waals surface area contributed by atoms with E-state index in [1.165, 1.54) is 0 Å². The highest BCUT2D eigenvalue weighted by Gasteiger charge is 2.70. The average molecular weight is 498 g/mol. The number of nitrogens with zero attached hydrogens (tertiary/aromatic N) is 2. The Morgan fingerprint density at radius 1 is 0.816 bits per heavy atom. The largest absolute Gasteiger partial charge is 0.352 e. The van der Waals surface area contributed by atoms with Gasteiger partial charge in [0, 0.05) is 23.1 Å². The van der Waals surface area contributed by atoms with Crippen LogP contribution in [0.15, 0.2) is 109 Å². The fraction of sp³-hybridized carbons (Fsp3) is 0.125. The van der Waals surface area contributed by atoms with Crippen LogP contribution in [0.2, 0.25) is 0 Å². The lowest BCUT2D eigenvalue weighted by molar-refractivity contribution is -0.121. The van der Waals surface area contributed by atoms with Gasteiger partial charge in [-0.2, -0.15) is 0 Å². The number of amides is 1. The average Bonchev–Trinajstić information content (AvgIpc) is 3.45. The molecule has 6 heteroatoms. The Hall–Kier alpha value is -4.84. The maximum atomic E-state index is 14.5. The van der Waals surface area contributed by atoms with Crippen molar-refractivity contribution in [2.45, 2.75) is 17.5 Å². The molecule has 1 N–H and O–H groups in total. The summed E-state index contributed by atoms with van der Waals surface area (Å²) in [5, 5.41) is 3.04. The topological polar surface area (TPSA) is 79.4 Å². The van der Waals surface area contributed by atoms with Crippen LogP contribution in [0.5, 0.6) is 0 Å². The van der Waals surface area contributed by atoms with Crippen LogP contribution in [-0.2, 0) is 10.2 Å². The molecule has 0 unspecified atom stereocenters. The Kier molecular flexibility index (Phi) is 4.91. The van der Waals surface area contributed by atoms with Gasteiger partial charge < -0.3 is 10.2 Å². The number of rotatable bonds is 4. The van der Waals surface area contributed by atoms with Gasteiger partial charge in [0.15, 0.2) is 11.6 Å². The zero-order chi connectivity index (χ0) is 25.9. The number of pyridine rings is 1. The molecule has 6 nitrogen and oxygen atoms in total. The molecule has 0 radical (unpaired) electrons. The normalized spacial score (nSPS) is 24.5. The first-order valence-electron chi connectivity index (χ1n) is 12.6. The highest BCUT2D eigenvalue weighted by molar-refractivity contribution is 6.18. The van der Waals surface area contributed by atoms with Gasteiger partial charge in [-0.05, 0) is 35.4 Å². The molecule has 184 valence electrons. The van der Waals surface area contributed by atoms with Crippen LogP contribution < -0.4 is 10.2 Å². The lowest BCUT2D eigenvalue weighted by Gasteiger charge is -2.37. The van der Waals surface area contributed by atoms with Gasteiger partial charge in [-0.15, -0.1) is 0 Å². The van der Waals surface area contributed by atoms with Gasteiger partial charge in [0.1, 0.15) is 17.2 Å². The lowest BCUT2D eigenvalue weighted by Crippen LogP contribution is -2.51. The number of carbonyl (C=O) groups is 3. The summed E-state index contributed by atoms with van der Waals surface area (Å²) in [6.07, 6.45) is 5.53. The Morgan fingerprint density at radius 3 is 2.37 bits per heavy atom. The second-order valence-electron chi connectivity index (χ2n) is 9.87. The number of carbonyl (C=O) groups excluding carboxylic acids is 3. The highest BCUT2D eigenvalue weighted by Crippen LogP contribution is 2.58. The monoisotopic (exact) mass is 497 g/mol. The summed E-state index contributed by atoms with van der Waals surface area (Å²) in [5.74, 6) is -1.83. The number of para-hydroxylation sites is 2. The standard InChI is InChI=1S/C32H23N3O3/c36-29(21-11-2-1-3-12-21)28-27(30(37)24-15-8-9-19-33-24)32(22-13-5-6-14-23(22)34-31(32)38)26-18-17-20-10-4-7-16-25(20)35(26)28/h1-19,26-28H,(H,34,38)/t26-,27+,28+,32-/m0/s1. The van der Waals surface area contributed by atoms with Crippen molar-refractivity contribution in [1.82, 2.24) is 4.98 Å². The van der Waals surface area contributed by atoms with Crippen LogP contribution in [0.3, 0.4) is 0 Å². The number of fused-ring (bicyclic) bond motifs is 6. The molecule has 4 aromatic rings. The zero-order valence-electron chi connectivity index (χ0n) is 20.3. The van der Waals surface area contributed by atoms with Gasteiger partial charge in [-0.25, -0.2) is 0 Å². The van der Waals surface area contributed by atoms with E-state index >= 15 is 0 Å². The van der Waals surface area contributed by atoms with Crippen LogP contribution in [-0.4, -0.2) is 34.5 Å². The third kappa shape index (κ3) is 2.94. The molecule has 7 rings (SSSR count). The highest BCUT2D eigenvalue weighted by atomic mass is 16.2. The van der Waals surface area contributed by atoms with Gasteiger partial charge in [-0.3, -0.25) is 19.4 Å². The maximum Gasteiger partial charge on any atom is 0.238 e. The van der Waals surface area contributed by atoms with Gasteiger partial charge >= 0.3 is 0 Å². The number of anilines is 2. The van der Waals surface area contributed by atoms with Crippen LogP contribution in [0.4, 0.5) is 11.4 Å². The third-order valence-corrected chi connectivity index (χ3v) is 8.07. The molecule has 1 aromatic heterocycles. The Balaban J connectivity index is 1.55. The summed E-state index contributed by atoms with van der Waals surface area (Å²) in [6, 6.07) is 27.9. The Labute approximate surface area is 219 Å². The van der Waals surface area contributed by atoms with E-state index in [0.29, 0.717) is 11.3 Å². The number of aromatic nitrogens is 1. The summed E-state index contributed by atoms with van der Waals surface area (Å²) < 4.78 is 0. The van der Waals surface area contributed by atoms with E-state index < -0.39 is 23.4 Å². The van der Waals surface area contributed by atoms with E-state index in [2.05, 4.69) is 10.3 Å². The van der Waals surface area contributed by atoms with Crippen LogP contribution in [0.1, 0.15) is 32.0 Å². The van der Waals surface area contributed by atoms with Crippen molar-refractivity contribution in [3.8, 4) is 0 Å². The Bertz CT molecular complexity index is 1630. The minimum atomic E-state index is -1.33. The first-order valence-corrected chi connectivity index (χ1v) is 12.6. The fourth-order valence-electron chi connectivity index (χ4n) is 6.56. The number of hydrogen-bond acceptors (Lipinski definition) is 5. The van der Waals surface area contributed by atoms with Crippen molar-refractivity contribution in [3.05, 3.63) is 132 Å². The minimum Gasteiger partial charge on any atom is -0.352 e. The number of benzene rings is 3. The summed E-state index contributed by atoms with van der Waals surface area (Å²) in [7, 11) is 0. The molecular formula is C32H23N3O3. The molecule has 0 bridgehead atoms. The first-order chi connectivity index (χ1) is 18.6. The van der Waals surface area contributed by atoms with Crippen LogP contribution in [0, 0.1) is 5.92 Å². The predicted molar refractivity (Wildman–Crippen MR) is 145 cm³/mol. The second kappa shape index (κ2) is 8.35. The quantitative estimate of drug-likeness (QED) is 0.404. The molecule has 1 saturated heterocycles. The lowest BCUT2D eigenvalue weighted by atomic mass is 9.64. The van der Waals surface area contributed by atoms with E-state index in [0.717, 1.165) is 16.8 Å². The van der Waals surface area contributed by atoms with Crippen molar-refractivity contribution in [1.29, 1.82) is 0 Å². The van der Waals surface area contributed by atoms with Gasteiger partial charge in [0.2, 0.25) is 5.91 Å². The molecular weight excluding hydrogens is 474 g/mol. The summed E-state index contributed by atoms with van der Waals surface area (Å²) in [6.45, 7) is 0. The zero-order valence-corrected chi connectivity index (χ0v) is 20.3. The van der Waals surface area contributed by atoms with Crippen LogP contribution in [0.25, 0.3) is 6.08 Å². The van der Waals surface area contributed by atoms with E-state index in [4.69, 9.17) is 0 Å². The van der Waals surface area contributed by atoms with Crippen molar-refractivity contribution in [3.63, 3.8) is 0 Å². The molecule has 1 fully saturated rings. The Morgan fingerprint density at radius 2 is 1.55 bits per heavy atom. The van der Waals surface area contributed by atoms with E-state index in [9.17, 15) is 14.4 Å². The number of hydrogen-bond donors (Lipinski definition) is 1. The van der Waals surface area contributed by atoms with Gasteiger partial charge in [0.05, 0.1) is 12.0 Å². The molecule has 38 heavy (non-hydrogen) atoms. The molecule has 1 spiro atoms. The molecule has 0 saturated carbocycles. The third-order valence-electron chi connectivity index (χ3n) is 8.07. The minimum absolute atomic E-state index is 0.205. The summed E-state index contributed by atoms with van der Waals surface area (Å²) in [5.41, 5.74) is 2.54. The van der Waals surface area contributed by atoms with E-state index in [1.807, 2.05) is 83.8 Å². The van der Waals surface area contributed by atoms with Gasteiger partial charge in [0.25, 0.3) is 0 Å². The molecule has 1 amide bonds. The van der Waals surface area contributed by atoms with E-state index in [1.54, 1.807) is 36.5 Å². The smallest absolute Gasteiger partial charge is 0.238 e. The molecule has 0 aliphatic carbocycles. The van der Waals surface area contributed by atoms with Crippen molar-refractivity contribution in [2.24, 2.45) is 5.92 Å². The van der Waals surface area contributed by atoms with Crippen molar-refractivity contribution >= 4 is 34.9 Å².